The number of H-pyrrole nitrogens is 1. The van der Waals surface area contributed by atoms with Crippen molar-refractivity contribution in [2.45, 2.75) is 0 Å². The van der Waals surface area contributed by atoms with E-state index in [2.05, 4.69) is 31.4 Å². The second-order valence-corrected chi connectivity index (χ2v) is 6.12. The average Bonchev–Trinajstić information content (AvgIpc) is 3.20. The van der Waals surface area contributed by atoms with Crippen molar-refractivity contribution in [3.05, 3.63) is 58.2 Å². The third-order valence-electron chi connectivity index (χ3n) is 3.68. The number of rotatable bonds is 3. The molecule has 1 amide bonds. The second-order valence-electron chi connectivity index (χ2n) is 5.20. The van der Waals surface area contributed by atoms with Crippen LogP contribution in [-0.4, -0.2) is 23.9 Å². The molecule has 0 saturated carbocycles. The van der Waals surface area contributed by atoms with Crippen molar-refractivity contribution in [3.8, 4) is 11.5 Å². The number of nitrogens with one attached hydrogen (secondary N) is 2. The molecule has 0 spiro atoms. The number of amides is 1. The molecule has 1 aliphatic rings. The number of hydrazone groups is 1. The number of carbonyl (C=O) groups excluding carboxylic acids is 1. The van der Waals surface area contributed by atoms with E-state index in [1.807, 2.05) is 24.4 Å². The predicted molar refractivity (Wildman–Crippen MR) is 93.6 cm³/mol. The van der Waals surface area contributed by atoms with Crippen LogP contribution in [0, 0.1) is 0 Å². The van der Waals surface area contributed by atoms with Gasteiger partial charge >= 0.3 is 0 Å². The molecule has 0 saturated heterocycles. The fraction of sp³-hybridized carbons (Fsp3) is 0.0588. The van der Waals surface area contributed by atoms with Gasteiger partial charge in [-0.05, 0) is 36.4 Å². The molecule has 2 N–H and O–H groups in total. The maximum absolute atomic E-state index is 12.2. The Morgan fingerprint density at radius 2 is 2.08 bits per heavy atom. The van der Waals surface area contributed by atoms with Crippen LogP contribution in [0.25, 0.3) is 10.9 Å². The minimum Gasteiger partial charge on any atom is -0.454 e. The number of fused-ring (bicyclic) bond motifs is 2. The SMILES string of the molecule is O=C(N/N=C\c1c[nH]c2ccc(Br)cc12)c1ccc2c(c1)OCO2. The minimum absolute atomic E-state index is 0.175. The number of hydrogen-bond acceptors (Lipinski definition) is 4. The molecule has 2 heterocycles. The van der Waals surface area contributed by atoms with Gasteiger partial charge in [0.1, 0.15) is 0 Å². The van der Waals surface area contributed by atoms with Crippen LogP contribution in [0.3, 0.4) is 0 Å². The van der Waals surface area contributed by atoms with Crippen molar-refractivity contribution < 1.29 is 14.3 Å². The highest BCUT2D eigenvalue weighted by atomic mass is 79.9. The zero-order chi connectivity index (χ0) is 16.5. The van der Waals surface area contributed by atoms with Crippen LogP contribution in [0.1, 0.15) is 15.9 Å². The molecule has 0 atom stereocenters. The van der Waals surface area contributed by atoms with Gasteiger partial charge in [-0.2, -0.15) is 5.10 Å². The highest BCUT2D eigenvalue weighted by Crippen LogP contribution is 2.32. The van der Waals surface area contributed by atoms with E-state index in [4.69, 9.17) is 9.47 Å². The Labute approximate surface area is 145 Å². The largest absolute Gasteiger partial charge is 0.454 e. The van der Waals surface area contributed by atoms with Crippen LogP contribution in [-0.2, 0) is 0 Å². The molecular formula is C17H12BrN3O3. The quantitative estimate of drug-likeness (QED) is 0.535. The lowest BCUT2D eigenvalue weighted by Gasteiger charge is -2.01. The highest BCUT2D eigenvalue weighted by Gasteiger charge is 2.15. The Morgan fingerprint density at radius 1 is 1.21 bits per heavy atom. The summed E-state index contributed by atoms with van der Waals surface area (Å²) in [4.78, 5) is 15.3. The molecule has 0 bridgehead atoms. The van der Waals surface area contributed by atoms with Crippen LogP contribution in [0.2, 0.25) is 0 Å². The molecular weight excluding hydrogens is 374 g/mol. The number of hydrogen-bond donors (Lipinski definition) is 2. The second kappa shape index (κ2) is 6.01. The number of nitrogens with zero attached hydrogens (tertiary/aromatic N) is 1. The molecule has 7 heteroatoms. The van der Waals surface area contributed by atoms with Gasteiger partial charge in [0.2, 0.25) is 6.79 Å². The van der Waals surface area contributed by atoms with Crippen molar-refractivity contribution in [1.82, 2.24) is 10.4 Å². The monoisotopic (exact) mass is 385 g/mol. The number of aromatic amines is 1. The molecule has 4 rings (SSSR count). The summed E-state index contributed by atoms with van der Waals surface area (Å²) in [5, 5.41) is 5.05. The lowest BCUT2D eigenvalue weighted by molar-refractivity contribution is 0.0954. The lowest BCUT2D eigenvalue weighted by atomic mass is 10.2. The van der Waals surface area contributed by atoms with Gasteiger partial charge in [0.25, 0.3) is 5.91 Å². The molecule has 120 valence electrons. The van der Waals surface area contributed by atoms with E-state index in [0.29, 0.717) is 17.1 Å². The molecule has 24 heavy (non-hydrogen) atoms. The van der Waals surface area contributed by atoms with E-state index in [-0.39, 0.29) is 12.7 Å². The van der Waals surface area contributed by atoms with Gasteiger partial charge in [0.05, 0.1) is 6.21 Å². The van der Waals surface area contributed by atoms with E-state index < -0.39 is 0 Å². The van der Waals surface area contributed by atoms with E-state index in [9.17, 15) is 4.79 Å². The Hall–Kier alpha value is -2.80. The number of benzene rings is 2. The predicted octanol–water partition coefficient (Wildman–Crippen LogP) is 3.42. The van der Waals surface area contributed by atoms with E-state index in [1.165, 1.54) is 0 Å². The first-order chi connectivity index (χ1) is 11.7. The first kappa shape index (κ1) is 14.8. The highest BCUT2D eigenvalue weighted by molar-refractivity contribution is 9.10. The fourth-order valence-corrected chi connectivity index (χ4v) is 2.85. The first-order valence-corrected chi connectivity index (χ1v) is 8.00. The van der Waals surface area contributed by atoms with Crippen molar-refractivity contribution >= 4 is 39.0 Å². The van der Waals surface area contributed by atoms with Gasteiger partial charge in [-0.1, -0.05) is 15.9 Å². The molecule has 1 aliphatic heterocycles. The smallest absolute Gasteiger partial charge is 0.271 e. The van der Waals surface area contributed by atoms with Crippen LogP contribution in [0.15, 0.2) is 52.2 Å². The third-order valence-corrected chi connectivity index (χ3v) is 4.17. The number of ether oxygens (including phenoxy) is 2. The van der Waals surface area contributed by atoms with Crippen molar-refractivity contribution in [1.29, 1.82) is 0 Å². The summed E-state index contributed by atoms with van der Waals surface area (Å²) in [7, 11) is 0. The Bertz CT molecular complexity index is 965. The number of aromatic nitrogens is 1. The molecule has 2 aromatic carbocycles. The zero-order valence-electron chi connectivity index (χ0n) is 12.4. The zero-order valence-corrected chi connectivity index (χ0v) is 14.0. The Kier molecular flexibility index (Phi) is 3.70. The molecule has 1 aromatic heterocycles. The topological polar surface area (TPSA) is 75.7 Å². The van der Waals surface area contributed by atoms with Gasteiger partial charge in [-0.25, -0.2) is 5.43 Å². The average molecular weight is 386 g/mol. The maximum atomic E-state index is 12.2. The summed E-state index contributed by atoms with van der Waals surface area (Å²) < 4.78 is 11.5. The molecule has 0 radical (unpaired) electrons. The summed E-state index contributed by atoms with van der Waals surface area (Å²) in [6.45, 7) is 0.175. The van der Waals surface area contributed by atoms with Crippen molar-refractivity contribution in [2.75, 3.05) is 6.79 Å². The number of carbonyl (C=O) groups is 1. The standard InChI is InChI=1S/C17H12BrN3O3/c18-12-2-3-14-13(6-12)11(7-19-14)8-20-21-17(22)10-1-4-15-16(5-10)24-9-23-15/h1-8,19H,9H2,(H,21,22)/b20-8-. The Morgan fingerprint density at radius 3 is 3.00 bits per heavy atom. The van der Waals surface area contributed by atoms with Crippen LogP contribution >= 0.6 is 15.9 Å². The van der Waals surface area contributed by atoms with Gasteiger partial charge in [0, 0.05) is 32.7 Å². The van der Waals surface area contributed by atoms with Crippen LogP contribution in [0.4, 0.5) is 0 Å². The van der Waals surface area contributed by atoms with E-state index in [1.54, 1.807) is 24.4 Å². The normalized spacial score (nSPS) is 12.9. The number of halogens is 1. The molecule has 0 unspecified atom stereocenters. The first-order valence-electron chi connectivity index (χ1n) is 7.20. The van der Waals surface area contributed by atoms with Crippen LogP contribution < -0.4 is 14.9 Å². The van der Waals surface area contributed by atoms with Crippen LogP contribution in [0.5, 0.6) is 11.5 Å². The molecule has 0 fully saturated rings. The molecule has 6 nitrogen and oxygen atoms in total. The maximum Gasteiger partial charge on any atom is 0.271 e. The summed E-state index contributed by atoms with van der Waals surface area (Å²) >= 11 is 3.45. The summed E-state index contributed by atoms with van der Waals surface area (Å²) in [6.07, 6.45) is 3.45. The molecule has 3 aromatic rings. The minimum atomic E-state index is -0.314. The summed E-state index contributed by atoms with van der Waals surface area (Å²) in [6, 6.07) is 10.9. The van der Waals surface area contributed by atoms with Gasteiger partial charge in [-0.15, -0.1) is 0 Å². The summed E-state index contributed by atoms with van der Waals surface area (Å²) in [5.41, 5.74) is 4.86. The van der Waals surface area contributed by atoms with Crippen molar-refractivity contribution in [3.63, 3.8) is 0 Å². The summed E-state index contributed by atoms with van der Waals surface area (Å²) in [5.74, 6) is 0.887. The van der Waals surface area contributed by atoms with E-state index in [0.717, 1.165) is 20.9 Å². The fourth-order valence-electron chi connectivity index (χ4n) is 2.48. The van der Waals surface area contributed by atoms with Gasteiger partial charge in [-0.3, -0.25) is 4.79 Å². The third kappa shape index (κ3) is 2.74. The molecule has 0 aliphatic carbocycles. The van der Waals surface area contributed by atoms with Crippen molar-refractivity contribution in [2.24, 2.45) is 5.10 Å². The van der Waals surface area contributed by atoms with Gasteiger partial charge in [0.15, 0.2) is 11.5 Å². The van der Waals surface area contributed by atoms with Gasteiger partial charge < -0.3 is 14.5 Å². The van der Waals surface area contributed by atoms with E-state index >= 15 is 0 Å². The Balaban J connectivity index is 1.50. The lowest BCUT2D eigenvalue weighted by Crippen LogP contribution is -2.17.